The summed E-state index contributed by atoms with van der Waals surface area (Å²) in [7, 11) is 0. The molecule has 0 unspecified atom stereocenters. The number of fused-ring (bicyclic) bond motifs is 8. The van der Waals surface area contributed by atoms with Crippen molar-refractivity contribution in [3.05, 3.63) is 132 Å². The molecule has 0 aliphatic heterocycles. The molecule has 0 amide bonds. The maximum absolute atomic E-state index is 6.55. The SMILES string of the molecule is CC1(C)c2ccccc2-c2cccc(-c3cccc(Nc4cccc5c4oc4c6ccccc6ccc54)c3)c21. The van der Waals surface area contributed by atoms with Gasteiger partial charge in [0.1, 0.15) is 5.58 Å². The van der Waals surface area contributed by atoms with E-state index in [4.69, 9.17) is 4.42 Å². The first-order valence-corrected chi connectivity index (χ1v) is 13.5. The molecule has 2 heteroatoms. The number of hydrogen-bond acceptors (Lipinski definition) is 2. The van der Waals surface area contributed by atoms with E-state index in [9.17, 15) is 0 Å². The van der Waals surface area contributed by atoms with Gasteiger partial charge in [0.05, 0.1) is 5.69 Å². The first-order valence-electron chi connectivity index (χ1n) is 13.5. The third-order valence-corrected chi connectivity index (χ3v) is 8.42. The van der Waals surface area contributed by atoms with E-state index < -0.39 is 0 Å². The van der Waals surface area contributed by atoms with Crippen LogP contribution >= 0.6 is 0 Å². The molecule has 0 spiro atoms. The predicted octanol–water partition coefficient (Wildman–Crippen LogP) is 10.5. The summed E-state index contributed by atoms with van der Waals surface area (Å²) in [4.78, 5) is 0. The Morgan fingerprint density at radius 3 is 2.23 bits per heavy atom. The minimum absolute atomic E-state index is 0.0609. The molecular formula is C37H27NO. The molecule has 0 saturated heterocycles. The average Bonchev–Trinajstić information content (AvgIpc) is 3.47. The molecule has 1 heterocycles. The van der Waals surface area contributed by atoms with Crippen molar-refractivity contribution < 1.29 is 4.42 Å². The monoisotopic (exact) mass is 501 g/mol. The molecule has 186 valence electrons. The summed E-state index contributed by atoms with van der Waals surface area (Å²) in [6.45, 7) is 4.69. The standard InChI is InChI=1S/C37H27NO/c1-37(2)32-18-6-5-14-28(32)29-16-8-15-26(34(29)37)24-11-7-12-25(22-24)38-33-19-9-17-30-31-21-20-23-10-3-4-13-27(23)35(31)39-36(30)33/h3-22,38H,1-2H3. The van der Waals surface area contributed by atoms with Gasteiger partial charge in [-0.1, -0.05) is 111 Å². The summed E-state index contributed by atoms with van der Waals surface area (Å²) in [5, 5.41) is 8.27. The van der Waals surface area contributed by atoms with Gasteiger partial charge >= 0.3 is 0 Å². The van der Waals surface area contributed by atoms with E-state index in [0.29, 0.717) is 0 Å². The van der Waals surface area contributed by atoms with Crippen LogP contribution in [0, 0.1) is 0 Å². The Hall–Kier alpha value is -4.82. The lowest BCUT2D eigenvalue weighted by Gasteiger charge is -2.24. The van der Waals surface area contributed by atoms with Crippen LogP contribution in [0.25, 0.3) is 55.0 Å². The van der Waals surface area contributed by atoms with Gasteiger partial charge in [-0.15, -0.1) is 0 Å². The van der Waals surface area contributed by atoms with Gasteiger partial charge in [0, 0.05) is 27.3 Å². The zero-order valence-electron chi connectivity index (χ0n) is 22.0. The highest BCUT2D eigenvalue weighted by atomic mass is 16.3. The molecule has 0 saturated carbocycles. The zero-order valence-corrected chi connectivity index (χ0v) is 22.0. The predicted molar refractivity (Wildman–Crippen MR) is 164 cm³/mol. The number of benzene rings is 6. The van der Waals surface area contributed by atoms with Crippen LogP contribution in [0.1, 0.15) is 25.0 Å². The minimum atomic E-state index is -0.0609. The second kappa shape index (κ2) is 8.09. The largest absolute Gasteiger partial charge is 0.453 e. The second-order valence-corrected chi connectivity index (χ2v) is 11.1. The third kappa shape index (κ3) is 3.21. The Bertz CT molecular complexity index is 2080. The van der Waals surface area contributed by atoms with E-state index in [2.05, 4.69) is 140 Å². The number of rotatable bonds is 3. The number of hydrogen-bond donors (Lipinski definition) is 1. The first-order chi connectivity index (χ1) is 19.1. The van der Waals surface area contributed by atoms with Crippen LogP contribution in [-0.2, 0) is 5.41 Å². The van der Waals surface area contributed by atoms with E-state index in [0.717, 1.165) is 38.7 Å². The van der Waals surface area contributed by atoms with Crippen molar-refractivity contribution in [3.63, 3.8) is 0 Å². The summed E-state index contributed by atoms with van der Waals surface area (Å²) in [5.41, 5.74) is 11.7. The smallest absolute Gasteiger partial charge is 0.158 e. The molecule has 0 bridgehead atoms. The van der Waals surface area contributed by atoms with Crippen molar-refractivity contribution >= 4 is 44.1 Å². The maximum atomic E-state index is 6.55. The van der Waals surface area contributed by atoms with Crippen molar-refractivity contribution in [2.24, 2.45) is 0 Å². The fraction of sp³-hybridized carbons (Fsp3) is 0.0811. The van der Waals surface area contributed by atoms with Crippen LogP contribution in [0.4, 0.5) is 11.4 Å². The van der Waals surface area contributed by atoms with Crippen molar-refractivity contribution in [1.29, 1.82) is 0 Å². The summed E-state index contributed by atoms with van der Waals surface area (Å²) in [5.74, 6) is 0. The van der Waals surface area contributed by atoms with E-state index in [1.54, 1.807) is 0 Å². The van der Waals surface area contributed by atoms with Crippen molar-refractivity contribution in [3.8, 4) is 22.3 Å². The Kier molecular flexibility index (Phi) is 4.60. The zero-order chi connectivity index (χ0) is 26.1. The molecule has 39 heavy (non-hydrogen) atoms. The molecule has 7 aromatic rings. The van der Waals surface area contributed by atoms with E-state index in [1.807, 2.05) is 0 Å². The summed E-state index contributed by atoms with van der Waals surface area (Å²) in [6.07, 6.45) is 0. The first kappa shape index (κ1) is 22.2. The van der Waals surface area contributed by atoms with E-state index in [-0.39, 0.29) is 5.41 Å². The molecule has 1 aromatic heterocycles. The van der Waals surface area contributed by atoms with Gasteiger partial charge in [-0.25, -0.2) is 0 Å². The van der Waals surface area contributed by atoms with Gasteiger partial charge in [0.25, 0.3) is 0 Å². The number of anilines is 2. The Morgan fingerprint density at radius 1 is 0.564 bits per heavy atom. The van der Waals surface area contributed by atoms with Gasteiger partial charge in [-0.2, -0.15) is 0 Å². The normalized spacial score (nSPS) is 13.6. The lowest BCUT2D eigenvalue weighted by molar-refractivity contribution is 0.662. The Morgan fingerprint density at radius 2 is 1.28 bits per heavy atom. The van der Waals surface area contributed by atoms with Gasteiger partial charge in [-0.3, -0.25) is 0 Å². The molecule has 8 rings (SSSR count). The van der Waals surface area contributed by atoms with Gasteiger partial charge in [-0.05, 0) is 63.0 Å². The summed E-state index contributed by atoms with van der Waals surface area (Å²) >= 11 is 0. The number of nitrogens with one attached hydrogen (secondary N) is 1. The molecular weight excluding hydrogens is 474 g/mol. The minimum Gasteiger partial charge on any atom is -0.453 e. The highest BCUT2D eigenvalue weighted by Gasteiger charge is 2.37. The fourth-order valence-corrected chi connectivity index (χ4v) is 6.63. The van der Waals surface area contributed by atoms with Crippen LogP contribution in [0.3, 0.4) is 0 Å². The van der Waals surface area contributed by atoms with Crippen LogP contribution in [0.5, 0.6) is 0 Å². The molecule has 6 aromatic carbocycles. The molecule has 0 fully saturated rings. The Labute approximate surface area is 227 Å². The van der Waals surface area contributed by atoms with Crippen molar-refractivity contribution in [1.82, 2.24) is 0 Å². The van der Waals surface area contributed by atoms with Gasteiger partial charge in [0.2, 0.25) is 0 Å². The van der Waals surface area contributed by atoms with Crippen molar-refractivity contribution in [2.45, 2.75) is 19.3 Å². The second-order valence-electron chi connectivity index (χ2n) is 11.1. The molecule has 0 atom stereocenters. The van der Waals surface area contributed by atoms with Gasteiger partial charge in [0.15, 0.2) is 5.58 Å². The third-order valence-electron chi connectivity index (χ3n) is 8.42. The molecule has 2 nitrogen and oxygen atoms in total. The lowest BCUT2D eigenvalue weighted by atomic mass is 9.79. The lowest BCUT2D eigenvalue weighted by Crippen LogP contribution is -2.16. The molecule has 1 aliphatic carbocycles. The summed E-state index contributed by atoms with van der Waals surface area (Å²) in [6, 6.07) is 43.4. The van der Waals surface area contributed by atoms with E-state index in [1.165, 1.54) is 38.8 Å². The van der Waals surface area contributed by atoms with Crippen LogP contribution < -0.4 is 5.32 Å². The van der Waals surface area contributed by atoms with E-state index >= 15 is 0 Å². The number of furan rings is 1. The van der Waals surface area contributed by atoms with Crippen LogP contribution in [-0.4, -0.2) is 0 Å². The van der Waals surface area contributed by atoms with Crippen molar-refractivity contribution in [2.75, 3.05) is 5.32 Å². The Balaban J connectivity index is 1.24. The number of para-hydroxylation sites is 1. The quantitative estimate of drug-likeness (QED) is 0.260. The molecule has 0 radical (unpaired) electrons. The maximum Gasteiger partial charge on any atom is 0.158 e. The van der Waals surface area contributed by atoms with Gasteiger partial charge < -0.3 is 9.73 Å². The fourth-order valence-electron chi connectivity index (χ4n) is 6.63. The summed E-state index contributed by atoms with van der Waals surface area (Å²) < 4.78 is 6.55. The highest BCUT2D eigenvalue weighted by Crippen LogP contribution is 2.52. The van der Waals surface area contributed by atoms with Crippen LogP contribution in [0.2, 0.25) is 0 Å². The highest BCUT2D eigenvalue weighted by molar-refractivity contribution is 6.17. The molecule has 1 aliphatic rings. The average molecular weight is 502 g/mol. The topological polar surface area (TPSA) is 25.2 Å². The molecule has 1 N–H and O–H groups in total. The van der Waals surface area contributed by atoms with Crippen LogP contribution in [0.15, 0.2) is 126 Å².